The van der Waals surface area contributed by atoms with Crippen LogP contribution in [0.5, 0.6) is 5.75 Å². The Bertz CT molecular complexity index is 827. The molecule has 1 atom stereocenters. The zero-order valence-corrected chi connectivity index (χ0v) is 15.5. The fourth-order valence-corrected chi connectivity index (χ4v) is 3.22. The van der Waals surface area contributed by atoms with Gasteiger partial charge >= 0.3 is 6.36 Å². The van der Waals surface area contributed by atoms with Gasteiger partial charge in [-0.25, -0.2) is 0 Å². The van der Waals surface area contributed by atoms with Crippen molar-refractivity contribution in [2.45, 2.75) is 25.9 Å². The van der Waals surface area contributed by atoms with E-state index in [1.807, 2.05) is 6.07 Å². The van der Waals surface area contributed by atoms with Crippen molar-refractivity contribution in [3.63, 3.8) is 0 Å². The third-order valence-electron chi connectivity index (χ3n) is 4.65. The summed E-state index contributed by atoms with van der Waals surface area (Å²) < 4.78 is 40.8. The summed E-state index contributed by atoms with van der Waals surface area (Å²) in [7, 11) is 1.57. The summed E-state index contributed by atoms with van der Waals surface area (Å²) in [5, 5.41) is 2.61. The number of pyridine rings is 1. The molecule has 1 N–H and O–H groups in total. The van der Waals surface area contributed by atoms with Crippen LogP contribution in [0.4, 0.5) is 18.9 Å². The second-order valence-electron chi connectivity index (χ2n) is 6.61. The van der Waals surface area contributed by atoms with E-state index in [-0.39, 0.29) is 17.7 Å². The second kappa shape index (κ2) is 8.05. The molecule has 0 radical (unpaired) electrons. The molecule has 1 saturated heterocycles. The van der Waals surface area contributed by atoms with Gasteiger partial charge in [-0.3, -0.25) is 14.7 Å². The van der Waals surface area contributed by atoms with E-state index in [1.165, 1.54) is 12.1 Å². The standard InChI is InChI=1S/C19H21F3N4O2/c1-13-10-26(15-3-5-16(6-4-15)28-19(20,21)22)12-25(13)11-14-7-8-24-9-17(14)18(27)23-2/h3-9,13H,10-12H2,1-2H3,(H,23,27). The van der Waals surface area contributed by atoms with Crippen LogP contribution < -0.4 is 15.0 Å². The predicted molar refractivity (Wildman–Crippen MR) is 98.0 cm³/mol. The molecule has 1 unspecified atom stereocenters. The number of carbonyl (C=O) groups excluding carboxylic acids is 1. The molecule has 0 bridgehead atoms. The topological polar surface area (TPSA) is 57.7 Å². The zero-order chi connectivity index (χ0) is 20.3. The van der Waals surface area contributed by atoms with Crippen molar-refractivity contribution in [3.05, 3.63) is 53.9 Å². The molecule has 3 rings (SSSR count). The molecule has 0 aliphatic carbocycles. The Morgan fingerprint density at radius 2 is 2.00 bits per heavy atom. The molecule has 1 amide bonds. The van der Waals surface area contributed by atoms with Crippen molar-refractivity contribution in [1.29, 1.82) is 0 Å². The van der Waals surface area contributed by atoms with E-state index in [9.17, 15) is 18.0 Å². The molecule has 1 aliphatic heterocycles. The fourth-order valence-electron chi connectivity index (χ4n) is 3.22. The van der Waals surface area contributed by atoms with Gasteiger partial charge in [-0.2, -0.15) is 0 Å². The van der Waals surface area contributed by atoms with Crippen LogP contribution in [0.2, 0.25) is 0 Å². The molecular weight excluding hydrogens is 373 g/mol. The van der Waals surface area contributed by atoms with Gasteiger partial charge in [-0.05, 0) is 42.8 Å². The normalized spacial score (nSPS) is 17.6. The SMILES string of the molecule is CNC(=O)c1cnccc1CN1CN(c2ccc(OC(F)(F)F)cc2)CC1C. The molecule has 9 heteroatoms. The van der Waals surface area contributed by atoms with Crippen LogP contribution in [0.15, 0.2) is 42.7 Å². The number of hydrogen-bond donors (Lipinski definition) is 1. The minimum absolute atomic E-state index is 0.188. The Labute approximate surface area is 160 Å². The monoisotopic (exact) mass is 394 g/mol. The Balaban J connectivity index is 1.69. The van der Waals surface area contributed by atoms with Crippen molar-refractivity contribution < 1.29 is 22.7 Å². The highest BCUT2D eigenvalue weighted by Gasteiger charge is 2.31. The molecule has 28 heavy (non-hydrogen) atoms. The third-order valence-corrected chi connectivity index (χ3v) is 4.65. The highest BCUT2D eigenvalue weighted by atomic mass is 19.4. The highest BCUT2D eigenvalue weighted by Crippen LogP contribution is 2.28. The summed E-state index contributed by atoms with van der Waals surface area (Å²) in [5.74, 6) is -0.431. The first kappa shape index (κ1) is 19.9. The number of benzene rings is 1. The van der Waals surface area contributed by atoms with Gasteiger partial charge in [0.05, 0.1) is 12.2 Å². The summed E-state index contributed by atoms with van der Waals surface area (Å²) in [6.07, 6.45) is -1.50. The minimum atomic E-state index is -4.70. The van der Waals surface area contributed by atoms with Crippen molar-refractivity contribution in [2.75, 3.05) is 25.2 Å². The number of carbonyl (C=O) groups is 1. The molecule has 0 saturated carbocycles. The molecular formula is C19H21F3N4O2. The van der Waals surface area contributed by atoms with Gasteiger partial charge in [0.15, 0.2) is 0 Å². The van der Waals surface area contributed by atoms with E-state index in [2.05, 4.69) is 31.8 Å². The Morgan fingerprint density at radius 3 is 2.64 bits per heavy atom. The van der Waals surface area contributed by atoms with Crippen molar-refractivity contribution in [2.24, 2.45) is 0 Å². The van der Waals surface area contributed by atoms with Crippen molar-refractivity contribution in [1.82, 2.24) is 15.2 Å². The lowest BCUT2D eigenvalue weighted by atomic mass is 10.1. The second-order valence-corrected chi connectivity index (χ2v) is 6.61. The maximum atomic E-state index is 12.3. The molecule has 0 spiro atoms. The van der Waals surface area contributed by atoms with Crippen LogP contribution in [0.1, 0.15) is 22.8 Å². The van der Waals surface area contributed by atoms with Crippen LogP contribution in [-0.4, -0.2) is 48.5 Å². The zero-order valence-electron chi connectivity index (χ0n) is 15.5. The lowest BCUT2D eigenvalue weighted by molar-refractivity contribution is -0.274. The molecule has 1 aromatic heterocycles. The quantitative estimate of drug-likeness (QED) is 0.845. The summed E-state index contributed by atoms with van der Waals surface area (Å²) >= 11 is 0. The smallest absolute Gasteiger partial charge is 0.406 e. The van der Waals surface area contributed by atoms with E-state index in [0.29, 0.717) is 18.8 Å². The number of nitrogens with zero attached hydrogens (tertiary/aromatic N) is 3. The minimum Gasteiger partial charge on any atom is -0.406 e. The van der Waals surface area contributed by atoms with Gasteiger partial charge in [-0.15, -0.1) is 13.2 Å². The number of nitrogens with one attached hydrogen (secondary N) is 1. The Morgan fingerprint density at radius 1 is 1.29 bits per heavy atom. The van der Waals surface area contributed by atoms with Gasteiger partial charge in [0, 0.05) is 44.3 Å². The Kier molecular flexibility index (Phi) is 5.73. The molecule has 2 aromatic rings. The van der Waals surface area contributed by atoms with Crippen LogP contribution in [0.3, 0.4) is 0 Å². The summed E-state index contributed by atoms with van der Waals surface area (Å²) in [6.45, 7) is 3.95. The van der Waals surface area contributed by atoms with Gasteiger partial charge in [0.2, 0.25) is 0 Å². The molecule has 150 valence electrons. The number of aromatic nitrogens is 1. The first-order valence-electron chi connectivity index (χ1n) is 8.76. The van der Waals surface area contributed by atoms with Gasteiger partial charge in [0.25, 0.3) is 5.91 Å². The summed E-state index contributed by atoms with van der Waals surface area (Å²) in [5.41, 5.74) is 2.21. The first-order valence-corrected chi connectivity index (χ1v) is 8.76. The number of anilines is 1. The van der Waals surface area contributed by atoms with Crippen molar-refractivity contribution >= 4 is 11.6 Å². The summed E-state index contributed by atoms with van der Waals surface area (Å²) in [4.78, 5) is 20.3. The molecule has 1 aliphatic rings. The fraction of sp³-hybridized carbons (Fsp3) is 0.368. The molecule has 6 nitrogen and oxygen atoms in total. The van der Waals surface area contributed by atoms with Crippen LogP contribution >= 0.6 is 0 Å². The maximum Gasteiger partial charge on any atom is 0.573 e. The Hall–Kier alpha value is -2.81. The average Bonchev–Trinajstić information content (AvgIpc) is 3.01. The maximum absolute atomic E-state index is 12.3. The number of halogens is 3. The number of hydrogen-bond acceptors (Lipinski definition) is 5. The van der Waals surface area contributed by atoms with E-state index in [0.717, 1.165) is 17.8 Å². The highest BCUT2D eigenvalue weighted by molar-refractivity contribution is 5.95. The molecule has 2 heterocycles. The van der Waals surface area contributed by atoms with Crippen LogP contribution in [0, 0.1) is 0 Å². The van der Waals surface area contributed by atoms with Crippen LogP contribution in [0.25, 0.3) is 0 Å². The number of amides is 1. The van der Waals surface area contributed by atoms with Gasteiger partial charge in [0.1, 0.15) is 5.75 Å². The van der Waals surface area contributed by atoms with E-state index in [1.54, 1.807) is 31.6 Å². The van der Waals surface area contributed by atoms with E-state index >= 15 is 0 Å². The molecule has 1 aromatic carbocycles. The number of ether oxygens (including phenoxy) is 1. The number of rotatable bonds is 5. The van der Waals surface area contributed by atoms with Gasteiger partial charge < -0.3 is 15.0 Å². The lowest BCUT2D eigenvalue weighted by Gasteiger charge is -2.22. The van der Waals surface area contributed by atoms with E-state index < -0.39 is 6.36 Å². The van der Waals surface area contributed by atoms with Gasteiger partial charge in [-0.1, -0.05) is 0 Å². The predicted octanol–water partition coefficient (Wildman–Crippen LogP) is 3.01. The van der Waals surface area contributed by atoms with Crippen molar-refractivity contribution in [3.8, 4) is 5.75 Å². The lowest BCUT2D eigenvalue weighted by Crippen LogP contribution is -2.30. The van der Waals surface area contributed by atoms with Crippen LogP contribution in [-0.2, 0) is 6.54 Å². The number of alkyl halides is 3. The molecule has 1 fully saturated rings. The average molecular weight is 394 g/mol. The first-order chi connectivity index (χ1) is 13.3. The van der Waals surface area contributed by atoms with E-state index in [4.69, 9.17) is 0 Å². The third kappa shape index (κ3) is 4.72. The largest absolute Gasteiger partial charge is 0.573 e. The summed E-state index contributed by atoms with van der Waals surface area (Å²) in [6, 6.07) is 7.87.